The second-order valence-corrected chi connectivity index (χ2v) is 9.88. The molecule has 3 amide bonds. The molecule has 0 saturated carbocycles. The molecule has 1 atom stereocenters. The maximum atomic E-state index is 13.4. The van der Waals surface area contributed by atoms with Gasteiger partial charge >= 0.3 is 18.2 Å². The van der Waals surface area contributed by atoms with Crippen LogP contribution < -0.4 is 15.5 Å². The number of halogens is 3. The molecule has 0 aliphatic heterocycles. The summed E-state index contributed by atoms with van der Waals surface area (Å²) in [5.74, 6) is -2.05. The fraction of sp³-hybridized carbons (Fsp3) is 0.258. The smallest absolute Gasteiger partial charge is 0.416 e. The van der Waals surface area contributed by atoms with Crippen LogP contribution in [0.1, 0.15) is 52.7 Å². The normalized spacial score (nSPS) is 14.0. The van der Waals surface area contributed by atoms with Gasteiger partial charge in [-0.25, -0.2) is 9.59 Å². The maximum Gasteiger partial charge on any atom is 0.416 e. The molecule has 0 saturated heterocycles. The second-order valence-electron chi connectivity index (χ2n) is 9.88. The van der Waals surface area contributed by atoms with Crippen molar-refractivity contribution in [2.75, 3.05) is 16.8 Å². The van der Waals surface area contributed by atoms with Gasteiger partial charge in [0.25, 0.3) is 5.91 Å². The highest BCUT2D eigenvalue weighted by molar-refractivity contribution is 6.02. The number of aliphatic carboxylic acids is 1. The van der Waals surface area contributed by atoms with E-state index >= 15 is 0 Å². The number of aliphatic hydroxyl groups excluding tert-OH is 1. The largest absolute Gasteiger partial charge is 0.479 e. The number of aliphatic hydroxyl groups is 1. The summed E-state index contributed by atoms with van der Waals surface area (Å²) < 4.78 is 39.7. The average Bonchev–Trinajstić information content (AvgIpc) is 2.99. The lowest BCUT2D eigenvalue weighted by Gasteiger charge is -2.24. The molecule has 0 radical (unpaired) electrons. The fourth-order valence-corrected chi connectivity index (χ4v) is 4.52. The van der Waals surface area contributed by atoms with E-state index in [0.717, 1.165) is 43.4 Å². The lowest BCUT2D eigenvalue weighted by molar-refractivity contribution is -0.146. The standard InChI is InChI=1S/C31H30F3N3O5/c32-31(33,34)24-7-4-8-25(17-24)36-30(42)37(26-15-13-22(14-16-26)21-5-2-1-3-6-21)19-20-9-11-23(12-10-20)28(39)35-18-27(38)29(40)41/h4-5,7-17,27,38H,1-3,6,18-19H2,(H,35,39)(H,36,42)(H,40,41)/t27-/m1/s1. The monoisotopic (exact) mass is 581 g/mol. The number of alkyl halides is 3. The van der Waals surface area contributed by atoms with E-state index in [-0.39, 0.29) is 17.8 Å². The molecule has 0 aromatic heterocycles. The van der Waals surface area contributed by atoms with Gasteiger partial charge in [0, 0.05) is 16.9 Å². The average molecular weight is 582 g/mol. The van der Waals surface area contributed by atoms with Gasteiger partial charge in [-0.1, -0.05) is 36.4 Å². The topological polar surface area (TPSA) is 119 Å². The molecule has 0 bridgehead atoms. The predicted molar refractivity (Wildman–Crippen MR) is 152 cm³/mol. The number of rotatable bonds is 9. The summed E-state index contributed by atoms with van der Waals surface area (Å²) in [5, 5.41) is 23.0. The number of carboxylic acid groups (broad SMARTS) is 1. The van der Waals surface area contributed by atoms with Gasteiger partial charge in [0.2, 0.25) is 0 Å². The molecule has 3 aromatic rings. The molecule has 1 aliphatic rings. The number of hydrogen-bond acceptors (Lipinski definition) is 4. The molecule has 0 spiro atoms. The molecule has 4 rings (SSSR count). The van der Waals surface area contributed by atoms with Crippen LogP contribution in [0.2, 0.25) is 0 Å². The molecule has 42 heavy (non-hydrogen) atoms. The number of amides is 3. The summed E-state index contributed by atoms with van der Waals surface area (Å²) in [6.07, 6.45) is 0.132. The van der Waals surface area contributed by atoms with Crippen LogP contribution in [0.25, 0.3) is 5.57 Å². The van der Waals surface area contributed by atoms with E-state index in [2.05, 4.69) is 16.7 Å². The van der Waals surface area contributed by atoms with E-state index in [4.69, 9.17) is 5.11 Å². The number of anilines is 2. The van der Waals surface area contributed by atoms with Gasteiger partial charge in [-0.3, -0.25) is 9.69 Å². The molecule has 3 aromatic carbocycles. The molecule has 0 heterocycles. The molecule has 4 N–H and O–H groups in total. The zero-order valence-corrected chi connectivity index (χ0v) is 22.5. The number of benzene rings is 3. The highest BCUT2D eigenvalue weighted by Crippen LogP contribution is 2.32. The molecule has 8 nitrogen and oxygen atoms in total. The van der Waals surface area contributed by atoms with Crippen LogP contribution in [0.15, 0.2) is 78.9 Å². The van der Waals surface area contributed by atoms with Crippen LogP contribution in [0, 0.1) is 0 Å². The zero-order valence-electron chi connectivity index (χ0n) is 22.5. The van der Waals surface area contributed by atoms with Gasteiger partial charge in [-0.15, -0.1) is 0 Å². The first-order valence-corrected chi connectivity index (χ1v) is 13.3. The van der Waals surface area contributed by atoms with Gasteiger partial charge in [-0.05, 0) is 84.8 Å². The van der Waals surface area contributed by atoms with Crippen molar-refractivity contribution in [3.63, 3.8) is 0 Å². The highest BCUT2D eigenvalue weighted by atomic mass is 19.4. The van der Waals surface area contributed by atoms with E-state index in [1.165, 1.54) is 34.7 Å². The van der Waals surface area contributed by atoms with Crippen molar-refractivity contribution in [1.29, 1.82) is 0 Å². The summed E-state index contributed by atoms with van der Waals surface area (Å²) in [4.78, 5) is 37.9. The van der Waals surface area contributed by atoms with E-state index in [1.54, 1.807) is 24.3 Å². The lowest BCUT2D eigenvalue weighted by Crippen LogP contribution is -2.36. The Bertz CT molecular complexity index is 1450. The molecular formula is C31H30F3N3O5. The number of carboxylic acids is 1. The third-order valence-corrected chi connectivity index (χ3v) is 6.82. The Kier molecular flexibility index (Phi) is 9.64. The summed E-state index contributed by atoms with van der Waals surface area (Å²) in [7, 11) is 0. The van der Waals surface area contributed by atoms with Crippen LogP contribution in [0.4, 0.5) is 29.3 Å². The van der Waals surface area contributed by atoms with Crippen molar-refractivity contribution in [3.05, 3.63) is 101 Å². The number of nitrogens with zero attached hydrogens (tertiary/aromatic N) is 1. The molecule has 1 aliphatic carbocycles. The van der Waals surface area contributed by atoms with Crippen LogP contribution >= 0.6 is 0 Å². The van der Waals surface area contributed by atoms with Crippen molar-refractivity contribution < 1.29 is 37.8 Å². The van der Waals surface area contributed by atoms with Gasteiger partial charge in [-0.2, -0.15) is 13.2 Å². The van der Waals surface area contributed by atoms with Crippen molar-refractivity contribution in [2.45, 2.75) is 44.5 Å². The minimum Gasteiger partial charge on any atom is -0.479 e. The molecule has 220 valence electrons. The second kappa shape index (κ2) is 13.3. The van der Waals surface area contributed by atoms with Crippen molar-refractivity contribution in [1.82, 2.24) is 5.32 Å². The number of carbonyl (C=O) groups is 3. The lowest BCUT2D eigenvalue weighted by atomic mass is 9.93. The van der Waals surface area contributed by atoms with Crippen LogP contribution in [-0.4, -0.2) is 40.8 Å². The predicted octanol–water partition coefficient (Wildman–Crippen LogP) is 6.08. The minimum atomic E-state index is -4.57. The molecule has 11 heteroatoms. The van der Waals surface area contributed by atoms with Gasteiger partial charge < -0.3 is 20.8 Å². The summed E-state index contributed by atoms with van der Waals surface area (Å²) in [6, 6.07) is 17.3. The summed E-state index contributed by atoms with van der Waals surface area (Å²) >= 11 is 0. The maximum absolute atomic E-state index is 13.4. The summed E-state index contributed by atoms with van der Waals surface area (Å²) in [6.45, 7) is -0.432. The third kappa shape index (κ3) is 7.97. The van der Waals surface area contributed by atoms with Crippen molar-refractivity contribution >= 4 is 34.9 Å². The van der Waals surface area contributed by atoms with Crippen LogP contribution in [0.5, 0.6) is 0 Å². The molecule has 0 fully saturated rings. The van der Waals surface area contributed by atoms with E-state index in [0.29, 0.717) is 11.3 Å². The molecular weight excluding hydrogens is 551 g/mol. The Morgan fingerprint density at radius 3 is 2.29 bits per heavy atom. The molecule has 0 unspecified atom stereocenters. The van der Waals surface area contributed by atoms with Gasteiger partial charge in [0.1, 0.15) is 0 Å². The summed E-state index contributed by atoms with van der Waals surface area (Å²) in [5.41, 5.74) is 2.72. The van der Waals surface area contributed by atoms with E-state index < -0.39 is 42.3 Å². The first-order chi connectivity index (χ1) is 20.0. The quantitative estimate of drug-likeness (QED) is 0.244. The highest BCUT2D eigenvalue weighted by Gasteiger charge is 2.30. The number of hydrogen-bond donors (Lipinski definition) is 4. The fourth-order valence-electron chi connectivity index (χ4n) is 4.52. The Morgan fingerprint density at radius 1 is 0.952 bits per heavy atom. The first-order valence-electron chi connectivity index (χ1n) is 13.3. The van der Waals surface area contributed by atoms with Crippen LogP contribution in [-0.2, 0) is 17.5 Å². The number of allylic oxidation sites excluding steroid dienone is 2. The van der Waals surface area contributed by atoms with Gasteiger partial charge in [0.15, 0.2) is 6.10 Å². The zero-order chi connectivity index (χ0) is 30.3. The van der Waals surface area contributed by atoms with Crippen molar-refractivity contribution in [3.8, 4) is 0 Å². The minimum absolute atomic E-state index is 0.0145. The van der Waals surface area contributed by atoms with E-state index in [9.17, 15) is 32.7 Å². The Hall–Kier alpha value is -4.64. The number of nitrogens with one attached hydrogen (secondary N) is 2. The van der Waals surface area contributed by atoms with Gasteiger partial charge in [0.05, 0.1) is 18.7 Å². The Balaban J connectivity index is 1.55. The Morgan fingerprint density at radius 2 is 1.67 bits per heavy atom. The number of carbonyl (C=O) groups excluding carboxylic acids is 2. The Labute approximate surface area is 240 Å². The van der Waals surface area contributed by atoms with Crippen LogP contribution in [0.3, 0.4) is 0 Å². The third-order valence-electron chi connectivity index (χ3n) is 6.82. The van der Waals surface area contributed by atoms with Crippen molar-refractivity contribution in [2.24, 2.45) is 0 Å². The number of urea groups is 1. The SMILES string of the molecule is O=C(NC[C@@H](O)C(=O)O)c1ccc(CN(C(=O)Nc2cccc(C(F)(F)F)c2)c2ccc(C3=CCCCC3)cc2)cc1. The van der Waals surface area contributed by atoms with E-state index in [1.807, 2.05) is 12.1 Å². The first kappa shape index (κ1) is 30.3.